The molecule has 0 saturated carbocycles. The molecule has 102 valence electrons. The average Bonchev–Trinajstić information content (AvgIpc) is 2.26. The molecule has 0 saturated heterocycles. The van der Waals surface area contributed by atoms with Crippen LogP contribution in [0.2, 0.25) is 8.73 Å². The van der Waals surface area contributed by atoms with Gasteiger partial charge in [-0.1, -0.05) is 4.32 Å². The van der Waals surface area contributed by atoms with Gasteiger partial charge in [-0.15, -0.1) is 0 Å². The maximum Gasteiger partial charge on any atom is -0.0708 e. The van der Waals surface area contributed by atoms with Crippen molar-refractivity contribution in [3.63, 3.8) is 0 Å². The molecule has 2 N–H and O–H groups in total. The Balaban J connectivity index is 0. The van der Waals surface area contributed by atoms with Gasteiger partial charge in [-0.25, -0.2) is 0 Å². The number of unbranched alkanes of at least 4 members (excludes halogenated alkanes) is 6. The van der Waals surface area contributed by atoms with Crippen molar-refractivity contribution in [2.45, 2.75) is 73.9 Å². The molecule has 0 aromatic heterocycles. The molecule has 0 aliphatic heterocycles. The van der Waals surface area contributed by atoms with Gasteiger partial charge in [0.05, 0.1) is 0 Å². The van der Waals surface area contributed by atoms with Crippen LogP contribution in [0.5, 0.6) is 0 Å². The Labute approximate surface area is 130 Å². The van der Waals surface area contributed by atoms with Gasteiger partial charge in [0.15, 0.2) is 0 Å². The van der Waals surface area contributed by atoms with E-state index < -0.39 is 0 Å². The molecule has 0 heterocycles. The number of thiocarbonyl (C=S) groups is 1. The summed E-state index contributed by atoms with van der Waals surface area (Å²) in [4.78, 5) is 0. The molecule has 0 amide bonds. The third-order valence-corrected chi connectivity index (χ3v) is 5.95. The minimum Gasteiger partial charge on any atom is -0.415 e. The molecule has 4 heteroatoms. The maximum atomic E-state index is 4.66. The zero-order valence-corrected chi connectivity index (χ0v) is 15.6. The summed E-state index contributed by atoms with van der Waals surface area (Å²) in [6, 6.07) is 0. The van der Waals surface area contributed by atoms with Crippen LogP contribution in [0.3, 0.4) is 0 Å². The number of hydrogen-bond donors (Lipinski definition) is 1. The fourth-order valence-electron chi connectivity index (χ4n) is 1.41. The smallest absolute Gasteiger partial charge is 0.0708 e. The van der Waals surface area contributed by atoms with Crippen molar-refractivity contribution < 1.29 is 0 Å². The van der Waals surface area contributed by atoms with Crippen molar-refractivity contribution >= 4 is 50.8 Å². The Bertz CT molecular complexity index is 140. The molecule has 0 spiro atoms. The summed E-state index contributed by atoms with van der Waals surface area (Å²) in [6.45, 7) is 4.59. The van der Waals surface area contributed by atoms with E-state index in [1.54, 1.807) is 21.6 Å². The number of rotatable bonds is 10. The fraction of sp³-hybridized carbons (Fsp3) is 0.923. The van der Waals surface area contributed by atoms with E-state index in [9.17, 15) is 0 Å². The molecule has 17 heavy (non-hydrogen) atoms. The van der Waals surface area contributed by atoms with E-state index in [4.69, 9.17) is 0 Å². The van der Waals surface area contributed by atoms with Crippen LogP contribution in [-0.4, -0.2) is 25.9 Å². The first-order valence-electron chi connectivity index (χ1n) is 6.74. The molecule has 0 rings (SSSR count). The van der Waals surface area contributed by atoms with Gasteiger partial charge in [0.25, 0.3) is 0 Å². The van der Waals surface area contributed by atoms with Crippen LogP contribution in [0, 0.1) is 0 Å². The standard InChI is InChI=1S/2C6H13.CH3NS2.Sb/c2*1-3-5-6-4-2;2-1(3)4;/h2*1,3-6H2,2H3;(H3,2,3,4);/q;;;+1/p-1. The van der Waals surface area contributed by atoms with Crippen molar-refractivity contribution in [2.24, 2.45) is 5.73 Å². The number of hydrogen-bond acceptors (Lipinski definition) is 2. The van der Waals surface area contributed by atoms with Crippen LogP contribution >= 0.6 is 12.2 Å². The van der Waals surface area contributed by atoms with Gasteiger partial charge in [-0.2, -0.15) is 0 Å². The Morgan fingerprint density at radius 1 is 0.941 bits per heavy atom. The first-order valence-corrected chi connectivity index (χ1v) is 11.2. The molecule has 1 nitrogen and oxygen atoms in total. The van der Waals surface area contributed by atoms with Crippen LogP contribution in [0.4, 0.5) is 0 Å². The number of nitrogens with two attached hydrogens (primary N) is 1. The van der Waals surface area contributed by atoms with E-state index in [0.29, 0.717) is 0 Å². The van der Waals surface area contributed by atoms with Gasteiger partial charge >= 0.3 is 95.6 Å². The normalized spacial score (nSPS) is 9.53. The Kier molecular flexibility index (Phi) is 23.0. The zero-order chi connectivity index (χ0) is 13.4. The summed E-state index contributed by atoms with van der Waals surface area (Å²) < 4.78 is 3.34. The van der Waals surface area contributed by atoms with Crippen molar-refractivity contribution in [1.82, 2.24) is 0 Å². The van der Waals surface area contributed by atoms with Crippen molar-refractivity contribution in [3.8, 4) is 0 Å². The molecule has 0 aromatic carbocycles. The van der Waals surface area contributed by atoms with Crippen molar-refractivity contribution in [1.29, 1.82) is 0 Å². The minimum atomic E-state index is 0.0833. The zero-order valence-electron chi connectivity index (χ0n) is 11.4. The second-order valence-corrected chi connectivity index (χ2v) is 9.08. The van der Waals surface area contributed by atoms with E-state index >= 15 is 0 Å². The predicted molar refractivity (Wildman–Crippen MR) is 87.8 cm³/mol. The topological polar surface area (TPSA) is 26.0 Å². The largest absolute Gasteiger partial charge is 0.415 e. The third-order valence-electron chi connectivity index (χ3n) is 2.34. The molecule has 2 radical (unpaired) electrons. The van der Waals surface area contributed by atoms with Crippen molar-refractivity contribution in [2.75, 3.05) is 0 Å². The van der Waals surface area contributed by atoms with E-state index in [1.807, 2.05) is 0 Å². The van der Waals surface area contributed by atoms with Crippen LogP contribution in [-0.2, 0) is 12.6 Å². The molecular formula is C13H28NS2Sb. The summed E-state index contributed by atoms with van der Waals surface area (Å²) in [5.41, 5.74) is 4.66. The quantitative estimate of drug-likeness (QED) is 0.261. The van der Waals surface area contributed by atoms with Gasteiger partial charge in [0, 0.05) is 0 Å². The summed E-state index contributed by atoms with van der Waals surface area (Å²) >= 11 is 8.52. The second-order valence-electron chi connectivity index (χ2n) is 4.11. The molecule has 0 aliphatic rings. The Hall–Kier alpha value is 0.928. The minimum absolute atomic E-state index is 0.0833. The monoisotopic (exact) mass is 383 g/mol. The molecule has 0 bridgehead atoms. The summed E-state index contributed by atoms with van der Waals surface area (Å²) in [6.07, 6.45) is 11.8. The van der Waals surface area contributed by atoms with E-state index in [-0.39, 0.29) is 25.9 Å². The third kappa shape index (κ3) is 31.6. The van der Waals surface area contributed by atoms with E-state index in [2.05, 4.69) is 44.4 Å². The van der Waals surface area contributed by atoms with Crippen LogP contribution in [0.25, 0.3) is 0 Å². The maximum absolute atomic E-state index is 4.66. The van der Waals surface area contributed by atoms with Gasteiger partial charge in [0.2, 0.25) is 0 Å². The van der Waals surface area contributed by atoms with Crippen molar-refractivity contribution in [3.05, 3.63) is 0 Å². The first-order chi connectivity index (χ1) is 8.15. The fourth-order valence-corrected chi connectivity index (χ4v) is 4.60. The van der Waals surface area contributed by atoms with E-state index in [0.717, 1.165) is 0 Å². The molecular weight excluding hydrogens is 356 g/mol. The summed E-state index contributed by atoms with van der Waals surface area (Å²) in [5.74, 6) is 0. The second kappa shape index (κ2) is 19.3. The molecule has 0 fully saturated rings. The molecule has 0 aromatic rings. The molecule has 0 aliphatic carbocycles. The Morgan fingerprint density at radius 3 is 1.59 bits per heavy atom. The van der Waals surface area contributed by atoms with Gasteiger partial charge in [0.1, 0.15) is 0 Å². The average molecular weight is 384 g/mol. The van der Waals surface area contributed by atoms with Gasteiger partial charge in [-0.05, 0) is 0 Å². The first kappa shape index (κ1) is 20.2. The Morgan fingerprint density at radius 2 is 1.29 bits per heavy atom. The van der Waals surface area contributed by atoms with Gasteiger partial charge in [-0.3, -0.25) is 0 Å². The van der Waals surface area contributed by atoms with Crippen LogP contribution < -0.4 is 5.73 Å². The van der Waals surface area contributed by atoms with Crippen LogP contribution in [0.1, 0.15) is 65.2 Å². The predicted octanol–water partition coefficient (Wildman–Crippen LogP) is 4.46. The molecule has 0 atom stereocenters. The summed E-state index contributed by atoms with van der Waals surface area (Å²) in [7, 11) is 0. The van der Waals surface area contributed by atoms with E-state index in [1.165, 1.54) is 38.5 Å². The summed E-state index contributed by atoms with van der Waals surface area (Å²) in [5, 5.41) is 0. The molecule has 0 unspecified atom stereocenters. The van der Waals surface area contributed by atoms with Gasteiger partial charge < -0.3 is 30.6 Å². The SMILES string of the molecule is CCCCC[CH2][Sb+][CH2]CCCCC.NC(=S)[S-]. The van der Waals surface area contributed by atoms with Crippen LogP contribution in [0.15, 0.2) is 0 Å².